The number of benzene rings is 4. The lowest BCUT2D eigenvalue weighted by atomic mass is 9.68. The number of carbonyl (C=O) groups is 1. The standard InChI is InChI=1S/C30H26O5.4C2H6/c1-21(31)33-20-35-25-17-13-23(14-18-25)30(22-11-15-24(16-12-22)34-19-32-2)28-9-5-3-7-26(28)27-8-4-6-10-29(27)30;4*1-2/h3-18H,19-20H2,1-2H3;4*1-2H3. The van der Waals surface area contributed by atoms with Crippen molar-refractivity contribution in [2.24, 2.45) is 0 Å². The smallest absolute Gasteiger partial charge is 0.305 e. The molecule has 0 saturated carbocycles. The highest BCUT2D eigenvalue weighted by Crippen LogP contribution is 2.56. The van der Waals surface area contributed by atoms with E-state index in [1.807, 2.05) is 79.7 Å². The molecule has 0 unspecified atom stereocenters. The summed E-state index contributed by atoms with van der Waals surface area (Å²) in [4.78, 5) is 11.1. The number of methoxy groups -OCH3 is 1. The number of ether oxygens (including phenoxy) is 4. The normalized spacial score (nSPS) is 11.1. The molecular weight excluding hydrogens is 536 g/mol. The first-order valence-electron chi connectivity index (χ1n) is 15.4. The Hall–Kier alpha value is -4.09. The van der Waals surface area contributed by atoms with Crippen molar-refractivity contribution in [3.63, 3.8) is 0 Å². The molecule has 43 heavy (non-hydrogen) atoms. The van der Waals surface area contributed by atoms with Crippen LogP contribution in [0.4, 0.5) is 0 Å². The molecule has 0 atom stereocenters. The van der Waals surface area contributed by atoms with E-state index >= 15 is 0 Å². The average Bonchev–Trinajstić information content (AvgIpc) is 3.39. The molecule has 0 fully saturated rings. The van der Waals surface area contributed by atoms with Gasteiger partial charge in [-0.3, -0.25) is 4.79 Å². The maximum Gasteiger partial charge on any atom is 0.305 e. The molecule has 0 N–H and O–H groups in total. The minimum Gasteiger partial charge on any atom is -0.468 e. The van der Waals surface area contributed by atoms with Gasteiger partial charge in [-0.1, -0.05) is 128 Å². The number of hydrogen-bond acceptors (Lipinski definition) is 5. The highest BCUT2D eigenvalue weighted by atomic mass is 16.7. The van der Waals surface area contributed by atoms with E-state index in [2.05, 4.69) is 72.8 Å². The molecule has 0 spiro atoms. The van der Waals surface area contributed by atoms with E-state index in [1.165, 1.54) is 29.2 Å². The summed E-state index contributed by atoms with van der Waals surface area (Å²) in [7, 11) is 1.61. The zero-order valence-corrected chi connectivity index (χ0v) is 27.7. The predicted octanol–water partition coefficient (Wildman–Crippen LogP) is 10.0. The van der Waals surface area contributed by atoms with Gasteiger partial charge in [0.25, 0.3) is 0 Å². The predicted molar refractivity (Wildman–Crippen MR) is 179 cm³/mol. The van der Waals surface area contributed by atoms with E-state index in [0.29, 0.717) is 5.75 Å². The first-order chi connectivity index (χ1) is 21.1. The highest BCUT2D eigenvalue weighted by molar-refractivity contribution is 5.86. The van der Waals surface area contributed by atoms with Gasteiger partial charge in [-0.25, -0.2) is 0 Å². The lowest BCUT2D eigenvalue weighted by Crippen LogP contribution is -2.28. The van der Waals surface area contributed by atoms with Gasteiger partial charge < -0.3 is 18.9 Å². The van der Waals surface area contributed by atoms with Gasteiger partial charge in [-0.05, 0) is 57.6 Å². The first kappa shape index (κ1) is 36.9. The summed E-state index contributed by atoms with van der Waals surface area (Å²) < 4.78 is 21.2. The molecule has 5 nitrogen and oxygen atoms in total. The van der Waals surface area contributed by atoms with E-state index < -0.39 is 5.41 Å². The van der Waals surface area contributed by atoms with Crippen LogP contribution in [-0.4, -0.2) is 26.7 Å². The molecule has 5 rings (SSSR count). The van der Waals surface area contributed by atoms with Gasteiger partial charge in [0.1, 0.15) is 11.5 Å². The quantitative estimate of drug-likeness (QED) is 0.134. The largest absolute Gasteiger partial charge is 0.468 e. The fraction of sp³-hybridized carbons (Fsp3) is 0.342. The van der Waals surface area contributed by atoms with Crippen molar-refractivity contribution < 1.29 is 23.7 Å². The molecule has 0 saturated heterocycles. The van der Waals surface area contributed by atoms with E-state index in [4.69, 9.17) is 18.9 Å². The van der Waals surface area contributed by atoms with Crippen LogP contribution >= 0.6 is 0 Å². The van der Waals surface area contributed by atoms with Crippen LogP contribution in [0.15, 0.2) is 97.1 Å². The summed E-state index contributed by atoms with van der Waals surface area (Å²) in [5.74, 6) is 1.00. The second kappa shape index (κ2) is 19.9. The number of fused-ring (bicyclic) bond motifs is 3. The van der Waals surface area contributed by atoms with Crippen LogP contribution in [0.5, 0.6) is 11.5 Å². The topological polar surface area (TPSA) is 54.0 Å². The van der Waals surface area contributed by atoms with E-state index in [-0.39, 0.29) is 19.6 Å². The third-order valence-electron chi connectivity index (χ3n) is 6.36. The van der Waals surface area contributed by atoms with Crippen molar-refractivity contribution in [1.29, 1.82) is 0 Å². The fourth-order valence-corrected chi connectivity index (χ4v) is 4.93. The first-order valence-corrected chi connectivity index (χ1v) is 15.4. The Morgan fingerprint density at radius 2 is 0.930 bits per heavy atom. The lowest BCUT2D eigenvalue weighted by molar-refractivity contribution is -0.147. The molecule has 0 radical (unpaired) electrons. The van der Waals surface area contributed by atoms with Gasteiger partial charge in [0.2, 0.25) is 6.79 Å². The molecular formula is C38H50O5. The van der Waals surface area contributed by atoms with Crippen LogP contribution in [0.2, 0.25) is 0 Å². The summed E-state index contributed by atoms with van der Waals surface area (Å²) in [5, 5.41) is 0. The van der Waals surface area contributed by atoms with E-state index in [9.17, 15) is 4.79 Å². The van der Waals surface area contributed by atoms with Crippen molar-refractivity contribution in [2.75, 3.05) is 20.7 Å². The molecule has 4 aromatic rings. The minimum atomic E-state index is -0.513. The lowest BCUT2D eigenvalue weighted by Gasteiger charge is -2.34. The molecule has 0 aromatic heterocycles. The van der Waals surface area contributed by atoms with Crippen LogP contribution in [0.1, 0.15) is 84.6 Å². The Bertz CT molecular complexity index is 1280. The van der Waals surface area contributed by atoms with Crippen LogP contribution < -0.4 is 9.47 Å². The molecule has 1 aliphatic rings. The number of esters is 1. The monoisotopic (exact) mass is 586 g/mol. The Morgan fingerprint density at radius 1 is 0.558 bits per heavy atom. The summed E-state index contributed by atoms with van der Waals surface area (Å²) in [5.41, 5.74) is 6.62. The average molecular weight is 587 g/mol. The van der Waals surface area contributed by atoms with Gasteiger partial charge >= 0.3 is 5.97 Å². The SMILES string of the molecule is CC.CC.CC.CC.COCOc1ccc(C2(c3ccc(OCOC(C)=O)cc3)c3ccccc3-c3ccccc32)cc1. The fourth-order valence-electron chi connectivity index (χ4n) is 4.93. The zero-order chi connectivity index (χ0) is 32.3. The van der Waals surface area contributed by atoms with Gasteiger partial charge in [0.15, 0.2) is 6.79 Å². The Labute approximate surface area is 259 Å². The minimum absolute atomic E-state index is 0.117. The Morgan fingerprint density at radius 3 is 1.30 bits per heavy atom. The van der Waals surface area contributed by atoms with Crippen molar-refractivity contribution in [3.8, 4) is 22.6 Å². The number of carbonyl (C=O) groups excluding carboxylic acids is 1. The zero-order valence-electron chi connectivity index (χ0n) is 27.7. The van der Waals surface area contributed by atoms with Crippen molar-refractivity contribution >= 4 is 5.97 Å². The molecule has 0 aliphatic heterocycles. The van der Waals surface area contributed by atoms with Crippen molar-refractivity contribution in [1.82, 2.24) is 0 Å². The molecule has 0 heterocycles. The maximum absolute atomic E-state index is 11.1. The van der Waals surface area contributed by atoms with E-state index in [1.54, 1.807) is 7.11 Å². The Kier molecular flexibility index (Phi) is 17.1. The van der Waals surface area contributed by atoms with Crippen molar-refractivity contribution in [2.45, 2.75) is 67.7 Å². The van der Waals surface area contributed by atoms with Gasteiger partial charge in [0.05, 0.1) is 5.41 Å². The molecule has 5 heteroatoms. The Balaban J connectivity index is 0.00000107. The van der Waals surface area contributed by atoms with Gasteiger partial charge in [-0.2, -0.15) is 0 Å². The summed E-state index contributed by atoms with van der Waals surface area (Å²) in [6.45, 7) is 17.4. The van der Waals surface area contributed by atoms with Gasteiger partial charge in [-0.15, -0.1) is 0 Å². The molecule has 232 valence electrons. The number of hydrogen-bond donors (Lipinski definition) is 0. The van der Waals surface area contributed by atoms with Crippen LogP contribution in [0.25, 0.3) is 11.1 Å². The van der Waals surface area contributed by atoms with Crippen molar-refractivity contribution in [3.05, 3.63) is 119 Å². The van der Waals surface area contributed by atoms with Crippen LogP contribution in [-0.2, 0) is 19.7 Å². The maximum atomic E-state index is 11.1. The summed E-state index contributed by atoms with van der Waals surface area (Å²) in [6.07, 6.45) is 0. The molecule has 4 aromatic carbocycles. The summed E-state index contributed by atoms with van der Waals surface area (Å²) in [6, 6.07) is 33.3. The van der Waals surface area contributed by atoms with Crippen LogP contribution in [0, 0.1) is 0 Å². The second-order valence-electron chi connectivity index (χ2n) is 8.34. The molecule has 1 aliphatic carbocycles. The highest BCUT2D eigenvalue weighted by Gasteiger charge is 2.45. The van der Waals surface area contributed by atoms with Gasteiger partial charge in [0, 0.05) is 14.0 Å². The number of rotatable bonds is 8. The van der Waals surface area contributed by atoms with E-state index in [0.717, 1.165) is 16.9 Å². The summed E-state index contributed by atoms with van der Waals surface area (Å²) >= 11 is 0. The molecule has 0 bridgehead atoms. The second-order valence-corrected chi connectivity index (χ2v) is 8.34. The van der Waals surface area contributed by atoms with Crippen LogP contribution in [0.3, 0.4) is 0 Å². The third kappa shape index (κ3) is 8.48. The molecule has 0 amide bonds. The third-order valence-corrected chi connectivity index (χ3v) is 6.36.